The number of piperidine rings is 3. The molecule has 5 heterocycles. The van der Waals surface area contributed by atoms with E-state index >= 15 is 0 Å². The van der Waals surface area contributed by atoms with Crippen LogP contribution < -0.4 is 10.4 Å². The summed E-state index contributed by atoms with van der Waals surface area (Å²) in [4.78, 5) is 36.8. The van der Waals surface area contributed by atoms with Crippen LogP contribution in [0.5, 0.6) is 0 Å². The van der Waals surface area contributed by atoms with Crippen molar-refractivity contribution in [1.29, 1.82) is 0 Å². The molecular formula is C27H27F3N2O6S2. The molecule has 3 saturated heterocycles. The molecule has 3 aliphatic rings. The fraction of sp³-hybridized carbons (Fsp3) is 0.370. The van der Waals surface area contributed by atoms with E-state index in [2.05, 4.69) is 5.32 Å². The second kappa shape index (κ2) is 11.7. The second-order valence-corrected chi connectivity index (χ2v) is 11.6. The molecule has 0 spiro atoms. The number of amides is 2. The van der Waals surface area contributed by atoms with Crippen LogP contribution in [0, 0.1) is 5.92 Å². The number of benzene rings is 1. The van der Waals surface area contributed by atoms with E-state index < -0.39 is 29.8 Å². The number of halogens is 3. The Hall–Kier alpha value is -3.26. The number of urea groups is 1. The molecule has 0 aliphatic carbocycles. The van der Waals surface area contributed by atoms with Crippen LogP contribution in [0.2, 0.25) is 0 Å². The van der Waals surface area contributed by atoms with Crippen LogP contribution in [-0.4, -0.2) is 59.0 Å². The molecule has 13 heteroatoms. The zero-order chi connectivity index (χ0) is 29.1. The summed E-state index contributed by atoms with van der Waals surface area (Å²) < 4.78 is 37.9. The van der Waals surface area contributed by atoms with E-state index in [0.717, 1.165) is 31.6 Å². The number of carboxylic acids is 1. The summed E-state index contributed by atoms with van der Waals surface area (Å²) in [7, 11) is 0. The standard InChI is InChI=1S/C25H26N2O4S2.C2HF3O2/c1-17-22(31-23(28)25(30,20-9-5-15-32-20)21-10-6-16-33-21)18-11-13-27(17,14-12-18)24(29)26-19-7-3-2-4-8-19;3-2(4,5)1(6)7/h2-10,15-18,22,30H,11-14H2,1H3;(H,6,7)/t17-,18?,22?,27?;/m1./s1. The molecule has 3 aromatic rings. The summed E-state index contributed by atoms with van der Waals surface area (Å²) in [5.41, 5.74) is -1.08. The lowest BCUT2D eigenvalue weighted by atomic mass is 9.78. The maximum absolute atomic E-state index is 13.6. The number of nitrogens with one attached hydrogen (secondary N) is 1. The topological polar surface area (TPSA) is 116 Å². The van der Waals surface area contributed by atoms with Gasteiger partial charge in [0.25, 0.3) is 0 Å². The molecule has 3 aliphatic heterocycles. The number of anilines is 1. The van der Waals surface area contributed by atoms with E-state index in [9.17, 15) is 27.9 Å². The number of carbonyl (C=O) groups excluding carboxylic acids is 3. The average Bonchev–Trinajstić information content (AvgIpc) is 3.66. The highest BCUT2D eigenvalue weighted by Gasteiger charge is 2.58. The molecule has 2 bridgehead atoms. The molecule has 8 nitrogen and oxygen atoms in total. The molecule has 0 radical (unpaired) electrons. The number of thiophene rings is 2. The third-order valence-corrected chi connectivity index (χ3v) is 9.43. The Morgan fingerprint density at radius 2 is 1.50 bits per heavy atom. The van der Waals surface area contributed by atoms with Crippen LogP contribution in [0.1, 0.15) is 29.5 Å². The number of nitrogens with zero attached hydrogens (tertiary/aromatic N) is 1. The lowest BCUT2D eigenvalue weighted by Crippen LogP contribution is -2.72. The first-order chi connectivity index (χ1) is 18.9. The van der Waals surface area contributed by atoms with Crippen molar-refractivity contribution in [2.45, 2.75) is 43.7 Å². The minimum absolute atomic E-state index is 0.0697. The quantitative estimate of drug-likeness (QED) is 0.338. The van der Waals surface area contributed by atoms with Crippen LogP contribution in [-0.2, 0) is 19.9 Å². The van der Waals surface area contributed by atoms with E-state index in [1.807, 2.05) is 60.1 Å². The predicted octanol–water partition coefficient (Wildman–Crippen LogP) is 4.12. The van der Waals surface area contributed by atoms with Crippen LogP contribution in [0.25, 0.3) is 0 Å². The Bertz CT molecular complexity index is 1270. The molecule has 3 fully saturated rings. The van der Waals surface area contributed by atoms with E-state index in [4.69, 9.17) is 14.6 Å². The van der Waals surface area contributed by atoms with Gasteiger partial charge in [0.1, 0.15) is 12.0 Å². The van der Waals surface area contributed by atoms with Gasteiger partial charge in [-0.25, -0.2) is 14.1 Å². The lowest BCUT2D eigenvalue weighted by Gasteiger charge is -2.54. The highest BCUT2D eigenvalue weighted by atomic mass is 32.1. The van der Waals surface area contributed by atoms with Gasteiger partial charge in [0.05, 0.1) is 22.8 Å². The number of aliphatic carboxylic acids is 1. The van der Waals surface area contributed by atoms with E-state index in [-0.39, 0.29) is 22.5 Å². The summed E-state index contributed by atoms with van der Waals surface area (Å²) in [6, 6.07) is 16.3. The number of hydrogen-bond donors (Lipinski definition) is 2. The number of para-hydroxylation sites is 1. The van der Waals surface area contributed by atoms with Gasteiger partial charge < -0.3 is 19.7 Å². The molecule has 1 aromatic carbocycles. The van der Waals surface area contributed by atoms with Crippen molar-refractivity contribution in [3.63, 3.8) is 0 Å². The summed E-state index contributed by atoms with van der Waals surface area (Å²) in [5.74, 6) is -3.49. The van der Waals surface area contributed by atoms with Gasteiger partial charge in [-0.3, -0.25) is 5.32 Å². The maximum Gasteiger partial charge on any atom is 0.430 e. The molecule has 2 amide bonds. The number of carboxylic acid groups (broad SMARTS) is 1. The molecule has 1 unspecified atom stereocenters. The largest absolute Gasteiger partial charge is 0.542 e. The van der Waals surface area contributed by atoms with Crippen molar-refractivity contribution in [3.05, 3.63) is 75.1 Å². The zero-order valence-electron chi connectivity index (χ0n) is 21.3. The Labute approximate surface area is 236 Å². The molecular weight excluding hydrogens is 569 g/mol. The van der Waals surface area contributed by atoms with E-state index in [1.165, 1.54) is 22.7 Å². The maximum atomic E-state index is 13.6. The molecule has 2 atom stereocenters. The van der Waals surface area contributed by atoms with E-state index in [1.54, 1.807) is 12.1 Å². The highest BCUT2D eigenvalue weighted by molar-refractivity contribution is 7.12. The number of esters is 1. The average molecular weight is 597 g/mol. The Kier molecular flexibility index (Phi) is 8.69. The second-order valence-electron chi connectivity index (χ2n) is 9.68. The van der Waals surface area contributed by atoms with Crippen molar-refractivity contribution in [2.75, 3.05) is 18.4 Å². The van der Waals surface area contributed by atoms with E-state index in [0.29, 0.717) is 9.75 Å². The van der Waals surface area contributed by atoms with Gasteiger partial charge in [-0.05, 0) is 41.9 Å². The monoisotopic (exact) mass is 596 g/mol. The molecule has 6 rings (SSSR count). The molecule has 2 aromatic heterocycles. The molecule has 214 valence electrons. The Morgan fingerprint density at radius 3 is 1.95 bits per heavy atom. The van der Waals surface area contributed by atoms with Gasteiger partial charge in [0.15, 0.2) is 6.10 Å². The Morgan fingerprint density at radius 1 is 0.975 bits per heavy atom. The van der Waals surface area contributed by atoms with Crippen molar-refractivity contribution in [1.82, 2.24) is 0 Å². The first-order valence-electron chi connectivity index (χ1n) is 12.4. The van der Waals surface area contributed by atoms with Crippen molar-refractivity contribution in [3.8, 4) is 0 Å². The Balaban J connectivity index is 0.000000470. The normalized spacial score (nSPS) is 24.0. The number of hydrogen-bond acceptors (Lipinski definition) is 8. The van der Waals surface area contributed by atoms with Crippen molar-refractivity contribution in [2.24, 2.45) is 5.92 Å². The summed E-state index contributed by atoms with van der Waals surface area (Å²) in [5, 5.41) is 27.1. The molecule has 40 heavy (non-hydrogen) atoms. The highest BCUT2D eigenvalue weighted by Crippen LogP contribution is 2.43. The summed E-state index contributed by atoms with van der Waals surface area (Å²) >= 11 is 2.66. The summed E-state index contributed by atoms with van der Waals surface area (Å²) in [6.45, 7) is 3.43. The SMILES string of the molecule is C[C@@H]1C(OC(=O)C(O)(c2cccs2)c2cccs2)C2CC[N+]1(C(=O)Nc1ccccc1)CC2.O=C([O-])C(F)(F)F. The third-order valence-electron chi connectivity index (χ3n) is 7.47. The van der Waals surface area contributed by atoms with Gasteiger partial charge in [-0.15, -0.1) is 22.7 Å². The lowest BCUT2D eigenvalue weighted by molar-refractivity contribution is -0.893. The smallest absolute Gasteiger partial charge is 0.430 e. The first-order valence-corrected chi connectivity index (χ1v) is 14.2. The number of quaternary nitrogens is 1. The molecule has 0 saturated carbocycles. The minimum Gasteiger partial charge on any atom is -0.542 e. The van der Waals surface area contributed by atoms with Crippen LogP contribution in [0.3, 0.4) is 0 Å². The number of aliphatic hydroxyl groups is 1. The van der Waals surface area contributed by atoms with Crippen LogP contribution in [0.4, 0.5) is 23.7 Å². The zero-order valence-corrected chi connectivity index (χ0v) is 22.9. The number of fused-ring (bicyclic) bond motifs is 3. The van der Waals surface area contributed by atoms with Crippen LogP contribution in [0.15, 0.2) is 65.4 Å². The fourth-order valence-electron chi connectivity index (χ4n) is 5.30. The van der Waals surface area contributed by atoms with Gasteiger partial charge in [0.2, 0.25) is 5.60 Å². The summed E-state index contributed by atoms with van der Waals surface area (Å²) in [6.07, 6.45) is -4.02. The number of carbonyl (C=O) groups is 3. The fourth-order valence-corrected chi connectivity index (χ4v) is 7.01. The third kappa shape index (κ3) is 5.78. The van der Waals surface area contributed by atoms with Crippen molar-refractivity contribution < 1.29 is 47.0 Å². The minimum atomic E-state index is -5.19. The predicted molar refractivity (Wildman–Crippen MR) is 140 cm³/mol. The van der Waals surface area contributed by atoms with Gasteiger partial charge in [-0.1, -0.05) is 30.3 Å². The number of rotatable bonds is 5. The van der Waals surface area contributed by atoms with Crippen molar-refractivity contribution >= 4 is 46.3 Å². The van der Waals surface area contributed by atoms with Crippen LogP contribution >= 0.6 is 22.7 Å². The first kappa shape index (κ1) is 29.7. The van der Waals surface area contributed by atoms with Gasteiger partial charge >= 0.3 is 18.2 Å². The number of alkyl halides is 3. The van der Waals surface area contributed by atoms with Gasteiger partial charge in [0, 0.05) is 24.4 Å². The molecule has 2 N–H and O–H groups in total. The number of ether oxygens (including phenoxy) is 1. The van der Waals surface area contributed by atoms with Gasteiger partial charge in [-0.2, -0.15) is 13.2 Å².